The van der Waals surface area contributed by atoms with Gasteiger partial charge in [-0.1, -0.05) is 90.9 Å². The second-order valence-electron chi connectivity index (χ2n) is 5.40. The van der Waals surface area contributed by atoms with Gasteiger partial charge in [-0.15, -0.1) is 23.0 Å². The maximum absolute atomic E-state index is 2.30. The molecule has 0 amide bonds. The van der Waals surface area contributed by atoms with E-state index in [4.69, 9.17) is 0 Å². The molecule has 0 saturated heterocycles. The van der Waals surface area contributed by atoms with Crippen LogP contribution in [0.25, 0.3) is 0 Å². The van der Waals surface area contributed by atoms with Gasteiger partial charge in [-0.3, -0.25) is 0 Å². The molecule has 0 aliphatic rings. The first-order valence-electron chi connectivity index (χ1n) is 8.23. The van der Waals surface area contributed by atoms with Crippen LogP contribution in [0, 0.1) is 0 Å². The predicted octanol–water partition coefficient (Wildman–Crippen LogP) is 6.67. The highest BCUT2D eigenvalue weighted by Gasteiger charge is 1.95. The van der Waals surface area contributed by atoms with E-state index in [0.29, 0.717) is 0 Å². The van der Waals surface area contributed by atoms with Crippen LogP contribution < -0.4 is 0 Å². The number of rotatable bonds is 14. The molecule has 0 aliphatic carbocycles. The first kappa shape index (κ1) is 21.1. The maximum Gasteiger partial charge on any atom is 0.199 e. The molecule has 0 nitrogen and oxygen atoms in total. The van der Waals surface area contributed by atoms with Crippen molar-refractivity contribution in [3.05, 3.63) is 0 Å². The van der Waals surface area contributed by atoms with Gasteiger partial charge in [0.15, 0.2) is 15.2 Å². The van der Waals surface area contributed by atoms with E-state index in [2.05, 4.69) is 13.8 Å². The topological polar surface area (TPSA) is 0 Å². The molecule has 0 spiro atoms. The first-order chi connectivity index (χ1) is 8.41. The molecular weight excluding hydrogens is 255 g/mol. The highest BCUT2D eigenvalue weighted by molar-refractivity contribution is 6.35. The van der Waals surface area contributed by atoms with Crippen molar-refractivity contribution in [2.75, 3.05) is 0 Å². The second-order valence-corrected chi connectivity index (χ2v) is 7.13. The molecule has 0 heterocycles. The first-order valence-corrected chi connectivity index (χ1v) is 9.86. The van der Waals surface area contributed by atoms with Crippen LogP contribution in [-0.2, 0) is 0 Å². The fraction of sp³-hybridized carbons (Fsp3) is 1.00. The van der Waals surface area contributed by atoms with Gasteiger partial charge < -0.3 is 0 Å². The van der Waals surface area contributed by atoms with Crippen LogP contribution in [0.15, 0.2) is 0 Å². The van der Waals surface area contributed by atoms with Crippen molar-refractivity contribution in [1.82, 2.24) is 0 Å². The molecule has 0 fully saturated rings. The third kappa shape index (κ3) is 19.2. The number of hydrogen-bond donors (Lipinski definition) is 0. The molecule has 0 N–H and O–H groups in total. The summed E-state index contributed by atoms with van der Waals surface area (Å²) in [6, 6.07) is 0. The van der Waals surface area contributed by atoms with Crippen LogP contribution in [-0.4, -0.2) is 15.2 Å². The van der Waals surface area contributed by atoms with Crippen molar-refractivity contribution in [2.24, 2.45) is 0 Å². The van der Waals surface area contributed by atoms with Crippen molar-refractivity contribution in [1.29, 1.82) is 0 Å². The Labute approximate surface area is 129 Å². The Morgan fingerprint density at radius 2 is 0.833 bits per heavy atom. The summed E-state index contributed by atoms with van der Waals surface area (Å²) < 4.78 is 0. The molecule has 0 aromatic carbocycles. The van der Waals surface area contributed by atoms with Crippen LogP contribution in [0.1, 0.15) is 90.9 Å². The molecule has 0 bridgehead atoms. The smallest absolute Gasteiger partial charge is 0.147 e. The average Bonchev–Trinajstić information content (AvgIpc) is 2.35. The van der Waals surface area contributed by atoms with Crippen LogP contribution in [0.4, 0.5) is 0 Å². The third-order valence-corrected chi connectivity index (χ3v) is 5.16. The Bertz CT molecular complexity index is 114. The second kappa shape index (κ2) is 20.1. The predicted molar refractivity (Wildman–Crippen MR) is 89.4 cm³/mol. The minimum Gasteiger partial charge on any atom is -0.147 e. The van der Waals surface area contributed by atoms with Crippen LogP contribution in [0.3, 0.4) is 0 Å². The summed E-state index contributed by atoms with van der Waals surface area (Å²) in [5.74, 6) is 0. The normalized spacial score (nSPS) is 10.1. The van der Waals surface area contributed by atoms with Gasteiger partial charge >= 0.3 is 0 Å². The number of unbranched alkanes of at least 4 members (excludes halogenated alkanes) is 10. The van der Waals surface area contributed by atoms with Crippen molar-refractivity contribution >= 4 is 27.6 Å². The summed E-state index contributed by atoms with van der Waals surface area (Å²) in [4.78, 5) is 0. The van der Waals surface area contributed by atoms with Gasteiger partial charge in [-0.2, -0.15) is 0 Å². The lowest BCUT2D eigenvalue weighted by Crippen LogP contribution is -1.90. The van der Waals surface area contributed by atoms with Gasteiger partial charge in [0.2, 0.25) is 0 Å². The van der Waals surface area contributed by atoms with E-state index in [9.17, 15) is 0 Å². The summed E-state index contributed by atoms with van der Waals surface area (Å²) in [7, 11) is 0. The van der Waals surface area contributed by atoms with E-state index in [-0.39, 0.29) is 12.4 Å². The minimum absolute atomic E-state index is 0. The fourth-order valence-corrected chi connectivity index (χ4v) is 3.73. The fourth-order valence-electron chi connectivity index (χ4n) is 2.28. The van der Waals surface area contributed by atoms with Gasteiger partial charge in [0.05, 0.1) is 0 Å². The molecule has 2 heteroatoms. The molecule has 0 unspecified atom stereocenters. The van der Waals surface area contributed by atoms with Gasteiger partial charge in [-0.05, 0) is 0 Å². The van der Waals surface area contributed by atoms with E-state index >= 15 is 0 Å². The quantitative estimate of drug-likeness (QED) is 0.247. The lowest BCUT2D eigenvalue weighted by atomic mass is 10.1. The number of halogens is 1. The van der Waals surface area contributed by atoms with Gasteiger partial charge in [0.25, 0.3) is 0 Å². The van der Waals surface area contributed by atoms with Gasteiger partial charge in [-0.25, -0.2) is 0 Å². The van der Waals surface area contributed by atoms with Crippen molar-refractivity contribution < 1.29 is 0 Å². The van der Waals surface area contributed by atoms with Gasteiger partial charge in [0, 0.05) is 0 Å². The third-order valence-electron chi connectivity index (χ3n) is 3.52. The zero-order valence-electron chi connectivity index (χ0n) is 12.9. The van der Waals surface area contributed by atoms with E-state index in [1.54, 1.807) is 10.6 Å². The highest BCUT2D eigenvalue weighted by Crippen LogP contribution is 2.10. The van der Waals surface area contributed by atoms with Crippen LogP contribution in [0.5, 0.6) is 0 Å². The van der Waals surface area contributed by atoms with Crippen molar-refractivity contribution in [2.45, 2.75) is 101 Å². The SMILES string of the molecule is CCCCCCC[CH2][Al][CH2]CCCCCCC.Cl. The van der Waals surface area contributed by atoms with E-state index in [1.165, 1.54) is 77.0 Å². The molecule has 0 aliphatic heterocycles. The minimum atomic E-state index is 0. The Morgan fingerprint density at radius 1 is 0.500 bits per heavy atom. The van der Waals surface area contributed by atoms with Crippen molar-refractivity contribution in [3.8, 4) is 0 Å². The lowest BCUT2D eigenvalue weighted by Gasteiger charge is -2.01. The average molecular weight is 290 g/mol. The molecule has 1 radical (unpaired) electrons. The zero-order chi connectivity index (χ0) is 12.6. The Morgan fingerprint density at radius 3 is 1.22 bits per heavy atom. The van der Waals surface area contributed by atoms with E-state index < -0.39 is 0 Å². The standard InChI is InChI=1S/2C8H17.Al.ClH/c2*1-3-5-7-8-6-4-2;;/h2*1,3-8H2,2H3;;1H. The molecule has 109 valence electrons. The van der Waals surface area contributed by atoms with Gasteiger partial charge in [0.1, 0.15) is 0 Å². The van der Waals surface area contributed by atoms with Crippen LogP contribution in [0.2, 0.25) is 10.6 Å². The molecule has 0 saturated carbocycles. The van der Waals surface area contributed by atoms with E-state index in [1.807, 2.05) is 0 Å². The van der Waals surface area contributed by atoms with Crippen molar-refractivity contribution in [3.63, 3.8) is 0 Å². The molecular formula is C16H35AlCl. The highest BCUT2D eigenvalue weighted by atomic mass is 35.5. The Hall–Kier alpha value is 0.822. The van der Waals surface area contributed by atoms with Crippen LogP contribution >= 0.6 is 12.4 Å². The molecule has 0 atom stereocenters. The molecule has 0 aromatic rings. The monoisotopic (exact) mass is 289 g/mol. The molecule has 0 rings (SSSR count). The lowest BCUT2D eigenvalue weighted by molar-refractivity contribution is 0.618. The van der Waals surface area contributed by atoms with E-state index in [0.717, 1.165) is 15.2 Å². The Kier molecular flexibility index (Phi) is 23.6. The zero-order valence-corrected chi connectivity index (χ0v) is 14.9. The summed E-state index contributed by atoms with van der Waals surface area (Å²) in [5.41, 5.74) is 0. The number of hydrogen-bond acceptors (Lipinski definition) is 0. The Balaban J connectivity index is 0. The summed E-state index contributed by atoms with van der Waals surface area (Å²) in [6.45, 7) is 4.59. The molecule has 0 aromatic heterocycles. The summed E-state index contributed by atoms with van der Waals surface area (Å²) in [6.07, 6.45) is 17.6. The maximum atomic E-state index is 2.30. The summed E-state index contributed by atoms with van der Waals surface area (Å²) in [5, 5.41) is 3.14. The summed E-state index contributed by atoms with van der Waals surface area (Å²) >= 11 is 0.794. The largest absolute Gasteiger partial charge is 0.199 e. The molecule has 18 heavy (non-hydrogen) atoms.